The first-order chi connectivity index (χ1) is 23.8. The monoisotopic (exact) mass is 808 g/mol. The van der Waals surface area contributed by atoms with Crippen LogP contribution in [0.25, 0.3) is 0 Å². The van der Waals surface area contributed by atoms with Crippen molar-refractivity contribution in [1.29, 1.82) is 0 Å². The van der Waals surface area contributed by atoms with Crippen molar-refractivity contribution >= 4 is 22.3 Å². The van der Waals surface area contributed by atoms with E-state index in [-0.39, 0.29) is 71.1 Å². The molecular weight excluding hydrogens is 735 g/mol. The Kier molecular flexibility index (Phi) is 31.8. The summed E-state index contributed by atoms with van der Waals surface area (Å²) in [6.07, 6.45) is 13.2. The van der Waals surface area contributed by atoms with Crippen molar-refractivity contribution in [1.82, 2.24) is 9.80 Å². The van der Waals surface area contributed by atoms with Crippen molar-refractivity contribution in [3.8, 4) is 0 Å². The molecule has 0 spiro atoms. The third kappa shape index (κ3) is 27.9. The summed E-state index contributed by atoms with van der Waals surface area (Å²) in [7, 11) is -3.78. The number of aryl methyl sites for hydroxylation is 1. The summed E-state index contributed by atoms with van der Waals surface area (Å²) in [5, 5.41) is 0. The third-order valence-corrected chi connectivity index (χ3v) is 9.33. The zero-order valence-electron chi connectivity index (χ0n) is 35.4. The number of carbonyl (C=O) groups is 2. The quantitative estimate of drug-likeness (QED) is 0.103. The molecule has 0 N–H and O–H groups in total. The molecule has 0 aromatic heterocycles. The smallest absolute Gasteiger partial charge is 0.444 e. The standard InChI is InChI=1S/C18H27NO5S.C15H29NO2.2C4H9.Cu.Li/c1-14-7-9-16(10-8-14)25(21,22)23-13-15-6-5-11-19(12-15)17(20)24-18(2,3)4;1-5-6-7-9-13-10-8-11-16(12-13)14(17)18-15(2,3)4;2*1-3-4-2;;/h7-10,15H,5-6,11-13H2,1-4H3;13H,5-12H2,1-4H3;2*1,3-4H2,2H3;;/q;;2*-1;2*+1/t15-;13-;;;;/m11..../s1. The summed E-state index contributed by atoms with van der Waals surface area (Å²) in [6, 6.07) is 6.55. The normalized spacial score (nSPS) is 17.1. The Balaban J connectivity index is -0.000000783. The second kappa shape index (κ2) is 30.0. The maximum absolute atomic E-state index is 12.3. The molecular formula is C41H74CuLiN2O7S. The summed E-state index contributed by atoms with van der Waals surface area (Å²) >= 11 is 0. The number of nitrogens with zero attached hydrogens (tertiary/aromatic N) is 2. The Hall–Kier alpha value is -1.21. The maximum Gasteiger partial charge on any atom is 1.00 e. The van der Waals surface area contributed by atoms with Gasteiger partial charge in [0, 0.05) is 32.1 Å². The molecule has 308 valence electrons. The zero-order valence-corrected chi connectivity index (χ0v) is 37.1. The summed E-state index contributed by atoms with van der Waals surface area (Å²) in [4.78, 5) is 27.8. The second-order valence-electron chi connectivity index (χ2n) is 15.6. The number of piperidine rings is 2. The summed E-state index contributed by atoms with van der Waals surface area (Å²) in [5.74, 6) is 0.652. The molecule has 0 bridgehead atoms. The molecule has 2 atom stereocenters. The number of ether oxygens (including phenoxy) is 2. The molecule has 1 aromatic rings. The molecule has 53 heavy (non-hydrogen) atoms. The molecule has 12 heteroatoms. The van der Waals surface area contributed by atoms with Crippen LogP contribution in [0.15, 0.2) is 29.2 Å². The maximum atomic E-state index is 12.3. The van der Waals surface area contributed by atoms with Gasteiger partial charge in [-0.2, -0.15) is 21.3 Å². The van der Waals surface area contributed by atoms with Gasteiger partial charge in [0.05, 0.1) is 11.5 Å². The van der Waals surface area contributed by atoms with Crippen molar-refractivity contribution in [3.63, 3.8) is 0 Å². The first kappa shape index (κ1) is 56.1. The minimum atomic E-state index is -3.78. The SMILES string of the molecule is CCCCC[C@@H]1CCCN(C(=O)OC(C)(C)C)C1.Cc1ccc(S(=O)(=O)OC[C@@H]2CCCN(C(=O)OC(C)(C)C)C2)cc1.[CH2-]CCC.[CH2-]CCC.[Cu+].[Li+]. The largest absolute Gasteiger partial charge is 1.00 e. The number of hydrogen-bond acceptors (Lipinski definition) is 7. The van der Waals surface area contributed by atoms with Crippen molar-refractivity contribution in [2.24, 2.45) is 11.8 Å². The Morgan fingerprint density at radius 3 is 1.57 bits per heavy atom. The molecule has 3 rings (SSSR count). The van der Waals surface area contributed by atoms with Crippen LogP contribution in [0, 0.1) is 32.6 Å². The minimum Gasteiger partial charge on any atom is -0.444 e. The van der Waals surface area contributed by atoms with Crippen LogP contribution in [0.3, 0.4) is 0 Å². The molecule has 0 saturated carbocycles. The van der Waals surface area contributed by atoms with Crippen LogP contribution in [0.5, 0.6) is 0 Å². The number of amides is 2. The van der Waals surface area contributed by atoms with Gasteiger partial charge in [-0.1, -0.05) is 70.6 Å². The second-order valence-corrected chi connectivity index (χ2v) is 17.2. The number of benzene rings is 1. The van der Waals surface area contributed by atoms with Crippen molar-refractivity contribution in [3.05, 3.63) is 43.7 Å². The van der Waals surface area contributed by atoms with Gasteiger partial charge in [-0.15, -0.1) is 0 Å². The molecule has 2 aliphatic rings. The van der Waals surface area contributed by atoms with Gasteiger partial charge in [-0.05, 0) is 98.6 Å². The van der Waals surface area contributed by atoms with E-state index in [4.69, 9.17) is 13.7 Å². The molecule has 1 aromatic carbocycles. The van der Waals surface area contributed by atoms with Gasteiger partial charge >= 0.3 is 48.1 Å². The van der Waals surface area contributed by atoms with E-state index in [0.29, 0.717) is 19.0 Å². The van der Waals surface area contributed by atoms with Gasteiger partial charge in [0.1, 0.15) is 11.2 Å². The van der Waals surface area contributed by atoms with E-state index in [1.54, 1.807) is 29.2 Å². The fraction of sp³-hybridized carbons (Fsp3) is 0.756. The van der Waals surface area contributed by atoms with Crippen LogP contribution in [-0.4, -0.2) is 74.4 Å². The zero-order chi connectivity index (χ0) is 39.1. The number of likely N-dealkylation sites (tertiary alicyclic amines) is 2. The first-order valence-electron chi connectivity index (χ1n) is 19.3. The van der Waals surface area contributed by atoms with Crippen molar-refractivity contribution in [2.75, 3.05) is 32.8 Å². The van der Waals surface area contributed by atoms with E-state index in [1.807, 2.05) is 53.4 Å². The van der Waals surface area contributed by atoms with E-state index in [9.17, 15) is 18.0 Å². The average Bonchev–Trinajstić information content (AvgIpc) is 3.07. The van der Waals surface area contributed by atoms with Crippen LogP contribution >= 0.6 is 0 Å². The van der Waals surface area contributed by atoms with Crippen molar-refractivity contribution in [2.45, 2.75) is 162 Å². The van der Waals surface area contributed by atoms with Gasteiger partial charge < -0.3 is 33.1 Å². The Morgan fingerprint density at radius 2 is 1.17 bits per heavy atom. The summed E-state index contributed by atoms with van der Waals surface area (Å²) in [5.41, 5.74) is 0.0564. The Morgan fingerprint density at radius 1 is 0.755 bits per heavy atom. The molecule has 0 aliphatic carbocycles. The van der Waals surface area contributed by atoms with Crippen LogP contribution in [0.2, 0.25) is 0 Å². The minimum absolute atomic E-state index is 0. The van der Waals surface area contributed by atoms with Gasteiger partial charge in [0.25, 0.3) is 10.1 Å². The van der Waals surface area contributed by atoms with Crippen LogP contribution in [0.4, 0.5) is 9.59 Å². The van der Waals surface area contributed by atoms with E-state index >= 15 is 0 Å². The number of rotatable bonds is 10. The average molecular weight is 810 g/mol. The van der Waals surface area contributed by atoms with Crippen LogP contribution < -0.4 is 18.9 Å². The number of carbonyl (C=O) groups excluding carboxylic acids is 2. The fourth-order valence-corrected chi connectivity index (χ4v) is 6.11. The fourth-order valence-electron chi connectivity index (χ4n) is 5.13. The molecule has 2 saturated heterocycles. The summed E-state index contributed by atoms with van der Waals surface area (Å²) < 4.78 is 40.6. The van der Waals surface area contributed by atoms with E-state index in [2.05, 4.69) is 34.6 Å². The van der Waals surface area contributed by atoms with E-state index in [0.717, 1.165) is 50.8 Å². The number of hydrogen-bond donors (Lipinski definition) is 0. The Bertz CT molecular complexity index is 1180. The van der Waals surface area contributed by atoms with Gasteiger partial charge in [0.15, 0.2) is 0 Å². The van der Waals surface area contributed by atoms with Gasteiger partial charge in [0.2, 0.25) is 0 Å². The summed E-state index contributed by atoms with van der Waals surface area (Å²) in [6.45, 7) is 29.7. The van der Waals surface area contributed by atoms with E-state index in [1.165, 1.54) is 44.9 Å². The van der Waals surface area contributed by atoms with Gasteiger partial charge in [-0.3, -0.25) is 4.18 Å². The first-order valence-corrected chi connectivity index (χ1v) is 20.7. The predicted octanol–water partition coefficient (Wildman–Crippen LogP) is 7.80. The number of unbranched alkanes of at least 4 members (excludes halogenated alkanes) is 4. The molecule has 2 heterocycles. The van der Waals surface area contributed by atoms with Crippen LogP contribution in [0.1, 0.15) is 145 Å². The molecule has 0 radical (unpaired) electrons. The Labute approximate surface area is 348 Å². The van der Waals surface area contributed by atoms with Crippen molar-refractivity contribution < 1.29 is 67.6 Å². The molecule has 2 amide bonds. The molecule has 9 nitrogen and oxygen atoms in total. The van der Waals surface area contributed by atoms with E-state index < -0.39 is 15.7 Å². The molecule has 2 aliphatic heterocycles. The van der Waals surface area contributed by atoms with Crippen LogP contribution in [-0.2, 0) is 40.8 Å². The molecule has 2 fully saturated rings. The topological polar surface area (TPSA) is 102 Å². The predicted molar refractivity (Wildman–Crippen MR) is 210 cm³/mol. The van der Waals surface area contributed by atoms with Gasteiger partial charge in [-0.25, -0.2) is 9.59 Å². The third-order valence-electron chi connectivity index (χ3n) is 8.03. The molecule has 0 unspecified atom stereocenters.